The SMILES string of the molecule is CC(O)c1c(CCOCCO)cccc1Oc1cccc(CCOCCO)c1C(C)O. The van der Waals surface area contributed by atoms with Crippen molar-refractivity contribution in [2.45, 2.75) is 38.9 Å². The molecule has 0 aromatic heterocycles. The Balaban J connectivity index is 2.30. The zero-order valence-electron chi connectivity index (χ0n) is 18.3. The molecule has 0 aliphatic rings. The number of aliphatic hydroxyl groups excluding tert-OH is 4. The third kappa shape index (κ3) is 7.57. The van der Waals surface area contributed by atoms with Crippen molar-refractivity contribution in [3.63, 3.8) is 0 Å². The third-order valence-electron chi connectivity index (χ3n) is 4.87. The van der Waals surface area contributed by atoms with Crippen LogP contribution >= 0.6 is 0 Å². The summed E-state index contributed by atoms with van der Waals surface area (Å²) in [5.41, 5.74) is 3.14. The maximum absolute atomic E-state index is 10.4. The number of hydrogen-bond acceptors (Lipinski definition) is 7. The molecule has 4 N–H and O–H groups in total. The molecule has 7 heteroatoms. The molecule has 172 valence electrons. The van der Waals surface area contributed by atoms with Crippen molar-refractivity contribution in [2.24, 2.45) is 0 Å². The maximum Gasteiger partial charge on any atom is 0.133 e. The standard InChI is InChI=1S/C24H34O7/c1-17(27)23-19(9-13-29-15-11-25)5-3-7-21(23)31-22-8-4-6-20(24(22)18(2)28)10-14-30-16-12-26/h3-8,17-18,25-28H,9-16H2,1-2H3. The van der Waals surface area contributed by atoms with E-state index in [-0.39, 0.29) is 26.4 Å². The Bertz CT molecular complexity index is 724. The van der Waals surface area contributed by atoms with E-state index in [1.807, 2.05) is 24.3 Å². The number of aliphatic hydroxyl groups is 4. The molecule has 0 amide bonds. The lowest BCUT2D eigenvalue weighted by Crippen LogP contribution is -2.09. The van der Waals surface area contributed by atoms with Gasteiger partial charge in [0.05, 0.1) is 51.8 Å². The summed E-state index contributed by atoms with van der Waals surface area (Å²) in [6.07, 6.45) is -0.366. The van der Waals surface area contributed by atoms with Gasteiger partial charge >= 0.3 is 0 Å². The largest absolute Gasteiger partial charge is 0.457 e. The highest BCUT2D eigenvalue weighted by molar-refractivity contribution is 5.48. The Labute approximate surface area is 183 Å². The summed E-state index contributed by atoms with van der Waals surface area (Å²) in [6.45, 7) is 4.69. The molecule has 7 nitrogen and oxygen atoms in total. The molecule has 2 aromatic rings. The van der Waals surface area contributed by atoms with Crippen LogP contribution in [0.5, 0.6) is 11.5 Å². The van der Waals surface area contributed by atoms with E-state index in [0.717, 1.165) is 11.1 Å². The van der Waals surface area contributed by atoms with E-state index in [1.54, 1.807) is 26.0 Å². The van der Waals surface area contributed by atoms with E-state index in [9.17, 15) is 10.2 Å². The van der Waals surface area contributed by atoms with E-state index in [4.69, 9.17) is 24.4 Å². The minimum Gasteiger partial charge on any atom is -0.457 e. The number of rotatable bonds is 14. The van der Waals surface area contributed by atoms with Crippen LogP contribution in [-0.2, 0) is 22.3 Å². The average Bonchev–Trinajstić information content (AvgIpc) is 2.74. The Morgan fingerprint density at radius 2 is 1.10 bits per heavy atom. The fourth-order valence-electron chi connectivity index (χ4n) is 3.56. The van der Waals surface area contributed by atoms with E-state index in [1.165, 1.54) is 0 Å². The minimum absolute atomic E-state index is 0.0318. The van der Waals surface area contributed by atoms with Gasteiger partial charge in [-0.2, -0.15) is 0 Å². The summed E-state index contributed by atoms with van der Waals surface area (Å²) in [6, 6.07) is 11.1. The molecule has 2 aromatic carbocycles. The normalized spacial score (nSPS) is 13.2. The predicted molar refractivity (Wildman–Crippen MR) is 117 cm³/mol. The smallest absolute Gasteiger partial charge is 0.133 e. The molecule has 31 heavy (non-hydrogen) atoms. The summed E-state index contributed by atoms with van der Waals surface area (Å²) in [5.74, 6) is 1.04. The van der Waals surface area contributed by atoms with Gasteiger partial charge in [0.2, 0.25) is 0 Å². The van der Waals surface area contributed by atoms with E-state index >= 15 is 0 Å². The number of benzene rings is 2. The van der Waals surface area contributed by atoms with Crippen molar-refractivity contribution < 1.29 is 34.6 Å². The molecular weight excluding hydrogens is 400 g/mol. The van der Waals surface area contributed by atoms with E-state index in [0.29, 0.717) is 48.7 Å². The van der Waals surface area contributed by atoms with E-state index < -0.39 is 12.2 Å². The third-order valence-corrected chi connectivity index (χ3v) is 4.87. The highest BCUT2D eigenvalue weighted by Gasteiger charge is 2.19. The lowest BCUT2D eigenvalue weighted by atomic mass is 9.98. The molecule has 0 spiro atoms. The lowest BCUT2D eigenvalue weighted by Gasteiger charge is -2.21. The summed E-state index contributed by atoms with van der Waals surface area (Å²) in [7, 11) is 0. The quantitative estimate of drug-likeness (QED) is 0.339. The van der Waals surface area contributed by atoms with Gasteiger partial charge in [0.15, 0.2) is 0 Å². The van der Waals surface area contributed by atoms with Gasteiger partial charge in [-0.25, -0.2) is 0 Å². The number of ether oxygens (including phenoxy) is 3. The Hall–Kier alpha value is -2.00. The summed E-state index contributed by atoms with van der Waals surface area (Å²) < 4.78 is 17.0. The van der Waals surface area contributed by atoms with Gasteiger partial charge in [-0.1, -0.05) is 24.3 Å². The first-order valence-corrected chi connectivity index (χ1v) is 10.6. The van der Waals surface area contributed by atoms with E-state index in [2.05, 4.69) is 0 Å². The fraction of sp³-hybridized carbons (Fsp3) is 0.500. The molecule has 0 radical (unpaired) electrons. The first-order valence-electron chi connectivity index (χ1n) is 10.6. The lowest BCUT2D eigenvalue weighted by molar-refractivity contribution is 0.0938. The average molecular weight is 435 g/mol. The van der Waals surface area contributed by atoms with Crippen molar-refractivity contribution in [3.8, 4) is 11.5 Å². The topological polar surface area (TPSA) is 109 Å². The van der Waals surface area contributed by atoms with Crippen molar-refractivity contribution in [1.29, 1.82) is 0 Å². The molecule has 0 saturated heterocycles. The Morgan fingerprint density at radius 3 is 1.45 bits per heavy atom. The van der Waals surface area contributed by atoms with Gasteiger partial charge in [-0.3, -0.25) is 0 Å². The van der Waals surface area contributed by atoms with Crippen LogP contribution in [-0.4, -0.2) is 60.1 Å². The molecule has 0 aliphatic carbocycles. The second kappa shape index (κ2) is 13.4. The van der Waals surface area contributed by atoms with Gasteiger partial charge < -0.3 is 34.6 Å². The minimum atomic E-state index is -0.755. The first-order chi connectivity index (χ1) is 15.0. The van der Waals surface area contributed by atoms with Crippen LogP contribution < -0.4 is 4.74 Å². The van der Waals surface area contributed by atoms with Crippen LogP contribution in [0.3, 0.4) is 0 Å². The second-order valence-electron chi connectivity index (χ2n) is 7.28. The van der Waals surface area contributed by atoms with Crippen molar-refractivity contribution in [3.05, 3.63) is 58.7 Å². The Morgan fingerprint density at radius 1 is 0.677 bits per heavy atom. The van der Waals surface area contributed by atoms with Gasteiger partial charge in [-0.05, 0) is 49.9 Å². The molecule has 0 bridgehead atoms. The van der Waals surface area contributed by atoms with Gasteiger partial charge in [0.1, 0.15) is 11.5 Å². The van der Waals surface area contributed by atoms with Gasteiger partial charge in [-0.15, -0.1) is 0 Å². The van der Waals surface area contributed by atoms with Crippen molar-refractivity contribution in [1.82, 2.24) is 0 Å². The molecule has 0 saturated carbocycles. The molecule has 2 atom stereocenters. The van der Waals surface area contributed by atoms with Crippen LogP contribution in [0.2, 0.25) is 0 Å². The molecule has 0 fully saturated rings. The molecule has 0 heterocycles. The van der Waals surface area contributed by atoms with Gasteiger partial charge in [0, 0.05) is 11.1 Å². The van der Waals surface area contributed by atoms with Crippen molar-refractivity contribution >= 4 is 0 Å². The number of hydrogen-bond donors (Lipinski definition) is 4. The maximum atomic E-state index is 10.4. The summed E-state index contributed by atoms with van der Waals surface area (Å²) >= 11 is 0. The zero-order valence-corrected chi connectivity index (χ0v) is 18.3. The predicted octanol–water partition coefficient (Wildman–Crippen LogP) is 2.69. The van der Waals surface area contributed by atoms with Crippen LogP contribution in [0.15, 0.2) is 36.4 Å². The zero-order chi connectivity index (χ0) is 22.6. The Kier molecular flexibility index (Phi) is 10.9. The molecular formula is C24H34O7. The highest BCUT2D eigenvalue weighted by atomic mass is 16.5. The monoisotopic (exact) mass is 434 g/mol. The van der Waals surface area contributed by atoms with Crippen LogP contribution in [0, 0.1) is 0 Å². The summed E-state index contributed by atoms with van der Waals surface area (Å²) in [5, 5.41) is 38.6. The fourth-order valence-corrected chi connectivity index (χ4v) is 3.56. The van der Waals surface area contributed by atoms with Crippen molar-refractivity contribution in [2.75, 3.05) is 39.6 Å². The van der Waals surface area contributed by atoms with Crippen LogP contribution in [0.1, 0.15) is 48.3 Å². The van der Waals surface area contributed by atoms with Crippen LogP contribution in [0.4, 0.5) is 0 Å². The molecule has 2 unspecified atom stereocenters. The first kappa shape index (κ1) is 25.3. The van der Waals surface area contributed by atoms with Crippen LogP contribution in [0.25, 0.3) is 0 Å². The molecule has 0 aliphatic heterocycles. The molecule has 2 rings (SSSR count). The van der Waals surface area contributed by atoms with Gasteiger partial charge in [0.25, 0.3) is 0 Å². The second-order valence-corrected chi connectivity index (χ2v) is 7.28. The summed E-state index contributed by atoms with van der Waals surface area (Å²) in [4.78, 5) is 0. The highest BCUT2D eigenvalue weighted by Crippen LogP contribution is 2.37.